The SMILES string of the molecule is CCCCCCNS(=O)(=O)c1ccc(NC(=O)c2ccc(NC(=O)C(CC)CC)cc2)cc1. The Kier molecular flexibility index (Phi) is 10.5. The fraction of sp³-hybridized carbons (Fsp3) is 0.440. The molecule has 0 heterocycles. The van der Waals surface area contributed by atoms with Gasteiger partial charge in [-0.05, 0) is 67.8 Å². The monoisotopic (exact) mass is 473 g/mol. The molecule has 0 aliphatic rings. The molecule has 2 aromatic rings. The van der Waals surface area contributed by atoms with Crippen molar-refractivity contribution in [1.82, 2.24) is 4.72 Å². The average molecular weight is 474 g/mol. The first-order chi connectivity index (χ1) is 15.8. The smallest absolute Gasteiger partial charge is 0.255 e. The zero-order valence-electron chi connectivity index (χ0n) is 19.7. The molecular weight excluding hydrogens is 438 g/mol. The molecule has 0 aromatic heterocycles. The number of nitrogens with one attached hydrogen (secondary N) is 3. The second-order valence-corrected chi connectivity index (χ2v) is 9.78. The highest BCUT2D eigenvalue weighted by atomic mass is 32.2. The number of hydrogen-bond acceptors (Lipinski definition) is 4. The summed E-state index contributed by atoms with van der Waals surface area (Å²) in [6.07, 6.45) is 5.54. The summed E-state index contributed by atoms with van der Waals surface area (Å²) in [5, 5.41) is 5.63. The third-order valence-corrected chi connectivity index (χ3v) is 6.99. The summed E-state index contributed by atoms with van der Waals surface area (Å²) in [5.41, 5.74) is 1.56. The number of benzene rings is 2. The van der Waals surface area contributed by atoms with E-state index in [0.717, 1.165) is 38.5 Å². The topological polar surface area (TPSA) is 104 Å². The lowest BCUT2D eigenvalue weighted by molar-refractivity contribution is -0.120. The van der Waals surface area contributed by atoms with Crippen LogP contribution in [0.2, 0.25) is 0 Å². The second-order valence-electron chi connectivity index (χ2n) is 8.02. The molecule has 0 fully saturated rings. The minimum absolute atomic E-state index is 0.0253. The first-order valence-electron chi connectivity index (χ1n) is 11.6. The molecule has 2 aromatic carbocycles. The standard InChI is InChI=1S/C25H35N3O4S/c1-4-7-8-9-18-26-33(31,32)23-16-14-22(15-17-23)28-25(30)20-10-12-21(13-11-20)27-24(29)19(5-2)6-3/h10-17,19,26H,4-9,18H2,1-3H3,(H,27,29)(H,28,30). The molecule has 0 atom stereocenters. The Bertz CT molecular complexity index is 999. The number of anilines is 2. The minimum atomic E-state index is -3.57. The largest absolute Gasteiger partial charge is 0.326 e. The lowest BCUT2D eigenvalue weighted by Gasteiger charge is -2.13. The summed E-state index contributed by atoms with van der Waals surface area (Å²) in [7, 11) is -3.57. The molecule has 0 aliphatic heterocycles. The van der Waals surface area contributed by atoms with Gasteiger partial charge < -0.3 is 10.6 Å². The molecule has 180 valence electrons. The van der Waals surface area contributed by atoms with Crippen LogP contribution in [0.4, 0.5) is 11.4 Å². The Morgan fingerprint density at radius 3 is 1.94 bits per heavy atom. The van der Waals surface area contributed by atoms with Gasteiger partial charge in [-0.3, -0.25) is 9.59 Å². The molecule has 2 amide bonds. The van der Waals surface area contributed by atoms with Crippen molar-refractivity contribution >= 4 is 33.2 Å². The van der Waals surface area contributed by atoms with E-state index >= 15 is 0 Å². The molecule has 0 saturated carbocycles. The van der Waals surface area contributed by atoms with Crippen LogP contribution in [0.25, 0.3) is 0 Å². The van der Waals surface area contributed by atoms with E-state index < -0.39 is 10.0 Å². The molecule has 0 saturated heterocycles. The highest BCUT2D eigenvalue weighted by molar-refractivity contribution is 7.89. The molecule has 3 N–H and O–H groups in total. The summed E-state index contributed by atoms with van der Waals surface area (Å²) < 4.78 is 27.4. The van der Waals surface area contributed by atoms with Gasteiger partial charge in [0.2, 0.25) is 15.9 Å². The highest BCUT2D eigenvalue weighted by Crippen LogP contribution is 2.17. The van der Waals surface area contributed by atoms with Crippen LogP contribution in [-0.2, 0) is 14.8 Å². The summed E-state index contributed by atoms with van der Waals surface area (Å²) in [4.78, 5) is 24.9. The third-order valence-electron chi connectivity index (χ3n) is 5.52. The van der Waals surface area contributed by atoms with E-state index in [2.05, 4.69) is 22.3 Å². The quantitative estimate of drug-likeness (QED) is 0.349. The van der Waals surface area contributed by atoms with Crippen LogP contribution < -0.4 is 15.4 Å². The first-order valence-corrected chi connectivity index (χ1v) is 13.1. The van der Waals surface area contributed by atoms with E-state index in [1.807, 2.05) is 13.8 Å². The summed E-state index contributed by atoms with van der Waals surface area (Å²) in [6.45, 7) is 6.48. The molecule has 0 aliphatic carbocycles. The number of carbonyl (C=O) groups excluding carboxylic acids is 2. The number of carbonyl (C=O) groups is 2. The van der Waals surface area contributed by atoms with Gasteiger partial charge in [0.15, 0.2) is 0 Å². The molecule has 0 spiro atoms. The Balaban J connectivity index is 1.93. The van der Waals surface area contributed by atoms with Crippen LogP contribution >= 0.6 is 0 Å². The maximum Gasteiger partial charge on any atom is 0.255 e. The number of sulfonamides is 1. The fourth-order valence-corrected chi connectivity index (χ4v) is 4.45. The third kappa shape index (κ3) is 8.29. The summed E-state index contributed by atoms with van der Waals surface area (Å²) in [5.74, 6) is -0.378. The molecule has 2 rings (SSSR count). The molecule has 0 radical (unpaired) electrons. The van der Waals surface area contributed by atoms with Gasteiger partial charge >= 0.3 is 0 Å². The van der Waals surface area contributed by atoms with Crippen molar-refractivity contribution < 1.29 is 18.0 Å². The Morgan fingerprint density at radius 1 is 0.788 bits per heavy atom. The van der Waals surface area contributed by atoms with Crippen molar-refractivity contribution in [2.45, 2.75) is 64.2 Å². The maximum absolute atomic E-state index is 12.5. The van der Waals surface area contributed by atoms with Gasteiger partial charge in [-0.15, -0.1) is 0 Å². The van der Waals surface area contributed by atoms with Crippen LogP contribution in [0.3, 0.4) is 0 Å². The van der Waals surface area contributed by atoms with Gasteiger partial charge in [-0.1, -0.05) is 40.0 Å². The van der Waals surface area contributed by atoms with Crippen LogP contribution in [-0.4, -0.2) is 26.8 Å². The molecule has 0 unspecified atom stereocenters. The van der Waals surface area contributed by atoms with Crippen LogP contribution in [0.1, 0.15) is 69.7 Å². The van der Waals surface area contributed by atoms with E-state index in [0.29, 0.717) is 23.5 Å². The fourth-order valence-electron chi connectivity index (χ4n) is 3.37. The normalized spacial score (nSPS) is 11.4. The molecular formula is C25H35N3O4S. The predicted octanol–water partition coefficient (Wildman–Crippen LogP) is 5.17. The first kappa shape index (κ1) is 26.5. The van der Waals surface area contributed by atoms with Gasteiger partial charge in [0, 0.05) is 29.4 Å². The van der Waals surface area contributed by atoms with E-state index in [-0.39, 0.29) is 22.6 Å². The van der Waals surface area contributed by atoms with Crippen molar-refractivity contribution in [3.8, 4) is 0 Å². The van der Waals surface area contributed by atoms with Gasteiger partial charge in [0.05, 0.1) is 4.90 Å². The van der Waals surface area contributed by atoms with Crippen LogP contribution in [0.15, 0.2) is 53.4 Å². The number of unbranched alkanes of at least 4 members (excludes halogenated alkanes) is 3. The van der Waals surface area contributed by atoms with Crippen molar-refractivity contribution in [2.24, 2.45) is 5.92 Å². The van der Waals surface area contributed by atoms with E-state index in [1.165, 1.54) is 12.1 Å². The molecule has 8 heteroatoms. The van der Waals surface area contributed by atoms with Crippen LogP contribution in [0, 0.1) is 5.92 Å². The Morgan fingerprint density at radius 2 is 1.36 bits per heavy atom. The van der Waals surface area contributed by atoms with E-state index in [4.69, 9.17) is 0 Å². The molecule has 7 nitrogen and oxygen atoms in total. The second kappa shape index (κ2) is 13.1. The average Bonchev–Trinajstić information content (AvgIpc) is 2.80. The van der Waals surface area contributed by atoms with Crippen molar-refractivity contribution in [3.63, 3.8) is 0 Å². The zero-order chi connectivity index (χ0) is 24.3. The lowest BCUT2D eigenvalue weighted by Crippen LogP contribution is -2.24. The predicted molar refractivity (Wildman–Crippen MR) is 133 cm³/mol. The summed E-state index contributed by atoms with van der Waals surface area (Å²) in [6, 6.07) is 12.7. The van der Waals surface area contributed by atoms with Gasteiger partial charge in [0.1, 0.15) is 0 Å². The minimum Gasteiger partial charge on any atom is -0.326 e. The maximum atomic E-state index is 12.5. The zero-order valence-corrected chi connectivity index (χ0v) is 20.5. The van der Waals surface area contributed by atoms with Gasteiger partial charge in [0.25, 0.3) is 5.91 Å². The molecule has 33 heavy (non-hydrogen) atoms. The summed E-state index contributed by atoms with van der Waals surface area (Å²) >= 11 is 0. The van der Waals surface area contributed by atoms with Crippen molar-refractivity contribution in [1.29, 1.82) is 0 Å². The highest BCUT2D eigenvalue weighted by Gasteiger charge is 2.15. The van der Waals surface area contributed by atoms with Crippen LogP contribution in [0.5, 0.6) is 0 Å². The van der Waals surface area contributed by atoms with E-state index in [9.17, 15) is 18.0 Å². The number of amides is 2. The molecule has 0 bridgehead atoms. The van der Waals surface area contributed by atoms with Crippen molar-refractivity contribution in [3.05, 3.63) is 54.1 Å². The lowest BCUT2D eigenvalue weighted by atomic mass is 10.0. The van der Waals surface area contributed by atoms with Gasteiger partial charge in [-0.2, -0.15) is 0 Å². The van der Waals surface area contributed by atoms with E-state index in [1.54, 1.807) is 36.4 Å². The number of hydrogen-bond donors (Lipinski definition) is 3. The Labute approximate surface area is 197 Å². The number of rotatable bonds is 13. The Hall–Kier alpha value is -2.71. The van der Waals surface area contributed by atoms with Gasteiger partial charge in [-0.25, -0.2) is 13.1 Å². The van der Waals surface area contributed by atoms with Crippen molar-refractivity contribution in [2.75, 3.05) is 17.2 Å².